The fourth-order valence-electron chi connectivity index (χ4n) is 3.95. The van der Waals surface area contributed by atoms with Gasteiger partial charge in [0.15, 0.2) is 5.96 Å². The highest BCUT2D eigenvalue weighted by Crippen LogP contribution is 2.32. The van der Waals surface area contributed by atoms with E-state index >= 15 is 0 Å². The van der Waals surface area contributed by atoms with Crippen molar-refractivity contribution in [1.29, 1.82) is 0 Å². The number of hydrogen-bond donors (Lipinski definition) is 2. The van der Waals surface area contributed by atoms with Gasteiger partial charge in [-0.25, -0.2) is 0 Å². The standard InChI is InChI=1S/C19H31N5O/c1-21-19(20)22-17-7-6-16(14-18(17)25-2)24-12-8-15(9-13-24)23-10-4-3-5-11-23/h6-7,14-15H,3-5,8-13H2,1-2H3,(H3,20,21,22). The van der Waals surface area contributed by atoms with Gasteiger partial charge in [-0.2, -0.15) is 0 Å². The summed E-state index contributed by atoms with van der Waals surface area (Å²) in [5.74, 6) is 1.18. The lowest BCUT2D eigenvalue weighted by molar-refractivity contribution is 0.141. The van der Waals surface area contributed by atoms with Gasteiger partial charge in [0.25, 0.3) is 0 Å². The summed E-state index contributed by atoms with van der Waals surface area (Å²) in [4.78, 5) is 9.11. The summed E-state index contributed by atoms with van der Waals surface area (Å²) in [5, 5.41) is 3.07. The van der Waals surface area contributed by atoms with E-state index in [0.29, 0.717) is 5.96 Å². The van der Waals surface area contributed by atoms with E-state index in [0.717, 1.165) is 30.6 Å². The number of guanidine groups is 1. The molecule has 3 rings (SSSR count). The molecule has 0 unspecified atom stereocenters. The summed E-state index contributed by atoms with van der Waals surface area (Å²) < 4.78 is 5.53. The molecule has 0 amide bonds. The zero-order valence-electron chi connectivity index (χ0n) is 15.5. The topological polar surface area (TPSA) is 66.1 Å². The van der Waals surface area contributed by atoms with Crippen molar-refractivity contribution in [3.63, 3.8) is 0 Å². The summed E-state index contributed by atoms with van der Waals surface area (Å²) in [6, 6.07) is 7.00. The minimum atomic E-state index is 0.383. The number of anilines is 2. The molecule has 3 N–H and O–H groups in total. The zero-order chi connectivity index (χ0) is 17.6. The lowest BCUT2D eigenvalue weighted by atomic mass is 9.99. The van der Waals surface area contributed by atoms with Crippen LogP contribution in [0.5, 0.6) is 5.75 Å². The summed E-state index contributed by atoms with van der Waals surface area (Å²) in [6.45, 7) is 4.80. The SMILES string of the molecule is C/N=C(\N)Nc1ccc(N2CCC(N3CCCCC3)CC2)cc1OC. The molecule has 2 heterocycles. The minimum absolute atomic E-state index is 0.383. The van der Waals surface area contributed by atoms with Crippen molar-refractivity contribution in [2.45, 2.75) is 38.1 Å². The van der Waals surface area contributed by atoms with E-state index in [1.165, 1.54) is 50.9 Å². The van der Waals surface area contributed by atoms with E-state index in [9.17, 15) is 0 Å². The van der Waals surface area contributed by atoms with Gasteiger partial charge >= 0.3 is 0 Å². The number of likely N-dealkylation sites (tertiary alicyclic amines) is 1. The number of benzene rings is 1. The Kier molecular flexibility index (Phi) is 6.02. The van der Waals surface area contributed by atoms with Crippen LogP contribution in [-0.2, 0) is 0 Å². The Morgan fingerprint density at radius 1 is 1.16 bits per heavy atom. The van der Waals surface area contributed by atoms with Crippen LogP contribution in [0.3, 0.4) is 0 Å². The van der Waals surface area contributed by atoms with Crippen molar-refractivity contribution in [1.82, 2.24) is 4.90 Å². The minimum Gasteiger partial charge on any atom is -0.494 e. The molecule has 0 aliphatic carbocycles. The van der Waals surface area contributed by atoms with E-state index in [1.807, 2.05) is 6.07 Å². The van der Waals surface area contributed by atoms with E-state index in [2.05, 4.69) is 32.2 Å². The Labute approximate surface area is 151 Å². The second-order valence-corrected chi connectivity index (χ2v) is 6.93. The van der Waals surface area contributed by atoms with Gasteiger partial charge in [0.1, 0.15) is 5.75 Å². The number of piperidine rings is 2. The molecule has 1 aromatic rings. The van der Waals surface area contributed by atoms with Crippen LogP contribution in [0.25, 0.3) is 0 Å². The Balaban J connectivity index is 1.62. The molecule has 0 atom stereocenters. The second kappa shape index (κ2) is 8.43. The van der Waals surface area contributed by atoms with Crippen molar-refractivity contribution in [3.8, 4) is 5.75 Å². The molecule has 25 heavy (non-hydrogen) atoms. The average molecular weight is 345 g/mol. The van der Waals surface area contributed by atoms with Crippen LogP contribution in [0.1, 0.15) is 32.1 Å². The largest absolute Gasteiger partial charge is 0.494 e. The van der Waals surface area contributed by atoms with Crippen LogP contribution < -0.4 is 20.7 Å². The number of ether oxygens (including phenoxy) is 1. The summed E-state index contributed by atoms with van der Waals surface area (Å²) in [6.07, 6.45) is 6.64. The lowest BCUT2D eigenvalue weighted by Crippen LogP contribution is -2.46. The maximum atomic E-state index is 5.76. The number of methoxy groups -OCH3 is 1. The van der Waals surface area contributed by atoms with Crippen molar-refractivity contribution >= 4 is 17.3 Å². The fraction of sp³-hybridized carbons (Fsp3) is 0.632. The highest BCUT2D eigenvalue weighted by atomic mass is 16.5. The first kappa shape index (κ1) is 17.9. The molecular weight excluding hydrogens is 314 g/mol. The highest BCUT2D eigenvalue weighted by molar-refractivity contribution is 5.94. The fourth-order valence-corrected chi connectivity index (χ4v) is 3.95. The van der Waals surface area contributed by atoms with E-state index in [1.54, 1.807) is 14.2 Å². The van der Waals surface area contributed by atoms with Crippen LogP contribution in [0.4, 0.5) is 11.4 Å². The van der Waals surface area contributed by atoms with Gasteiger partial charge in [0.05, 0.1) is 12.8 Å². The number of rotatable bonds is 4. The van der Waals surface area contributed by atoms with Gasteiger partial charge in [-0.1, -0.05) is 6.42 Å². The van der Waals surface area contributed by atoms with Gasteiger partial charge in [-0.15, -0.1) is 0 Å². The molecule has 0 bridgehead atoms. The van der Waals surface area contributed by atoms with E-state index in [4.69, 9.17) is 10.5 Å². The number of nitrogens with two attached hydrogens (primary N) is 1. The molecule has 0 radical (unpaired) electrons. The third-order valence-electron chi connectivity index (χ3n) is 5.43. The Hall–Kier alpha value is -1.95. The van der Waals surface area contributed by atoms with Crippen LogP contribution in [0.2, 0.25) is 0 Å². The van der Waals surface area contributed by atoms with Crippen molar-refractivity contribution in [2.75, 3.05) is 50.6 Å². The normalized spacial score (nSPS) is 20.6. The first-order valence-electron chi connectivity index (χ1n) is 9.37. The monoisotopic (exact) mass is 345 g/mol. The predicted molar refractivity (Wildman–Crippen MR) is 105 cm³/mol. The molecule has 2 aliphatic rings. The molecule has 6 heteroatoms. The molecule has 2 saturated heterocycles. The maximum Gasteiger partial charge on any atom is 0.192 e. The molecule has 2 fully saturated rings. The Morgan fingerprint density at radius 2 is 1.88 bits per heavy atom. The Bertz CT molecular complexity index is 589. The first-order valence-corrected chi connectivity index (χ1v) is 9.37. The van der Waals surface area contributed by atoms with Gasteiger partial charge in [0, 0.05) is 37.9 Å². The average Bonchev–Trinajstić information content (AvgIpc) is 2.69. The predicted octanol–water partition coefficient (Wildman–Crippen LogP) is 2.51. The van der Waals surface area contributed by atoms with Crippen molar-refractivity contribution in [3.05, 3.63) is 18.2 Å². The molecule has 1 aromatic carbocycles. The number of hydrogen-bond acceptors (Lipinski definition) is 4. The highest BCUT2D eigenvalue weighted by Gasteiger charge is 2.26. The quantitative estimate of drug-likeness (QED) is 0.648. The van der Waals surface area contributed by atoms with Crippen LogP contribution in [-0.4, -0.2) is 57.2 Å². The maximum absolute atomic E-state index is 5.76. The number of nitrogens with one attached hydrogen (secondary N) is 1. The van der Waals surface area contributed by atoms with Crippen LogP contribution in [0.15, 0.2) is 23.2 Å². The Morgan fingerprint density at radius 3 is 2.52 bits per heavy atom. The van der Waals surface area contributed by atoms with Crippen LogP contribution in [0, 0.1) is 0 Å². The third-order valence-corrected chi connectivity index (χ3v) is 5.43. The molecular formula is C19H31N5O. The summed E-state index contributed by atoms with van der Waals surface area (Å²) in [7, 11) is 3.35. The van der Waals surface area contributed by atoms with E-state index < -0.39 is 0 Å². The third kappa shape index (κ3) is 4.37. The molecule has 138 valence electrons. The van der Waals surface area contributed by atoms with E-state index in [-0.39, 0.29) is 0 Å². The molecule has 0 saturated carbocycles. The summed E-state index contributed by atoms with van der Waals surface area (Å²) in [5.41, 5.74) is 7.82. The smallest absolute Gasteiger partial charge is 0.192 e. The van der Waals surface area contributed by atoms with Gasteiger partial charge in [0.2, 0.25) is 0 Å². The molecule has 6 nitrogen and oxygen atoms in total. The van der Waals surface area contributed by atoms with Gasteiger partial charge < -0.3 is 25.6 Å². The van der Waals surface area contributed by atoms with Gasteiger partial charge in [-0.05, 0) is 50.9 Å². The summed E-state index contributed by atoms with van der Waals surface area (Å²) >= 11 is 0. The van der Waals surface area contributed by atoms with Crippen molar-refractivity contribution < 1.29 is 4.74 Å². The molecule has 0 aromatic heterocycles. The number of aliphatic imine (C=N–C) groups is 1. The van der Waals surface area contributed by atoms with Crippen LogP contribution >= 0.6 is 0 Å². The lowest BCUT2D eigenvalue weighted by Gasteiger charge is -2.41. The second-order valence-electron chi connectivity index (χ2n) is 6.93. The first-order chi connectivity index (χ1) is 12.2. The van der Waals surface area contributed by atoms with Gasteiger partial charge in [-0.3, -0.25) is 4.99 Å². The number of nitrogens with zero attached hydrogens (tertiary/aromatic N) is 3. The van der Waals surface area contributed by atoms with Crippen molar-refractivity contribution in [2.24, 2.45) is 10.7 Å². The zero-order valence-corrected chi connectivity index (χ0v) is 15.5. The molecule has 0 spiro atoms. The molecule has 2 aliphatic heterocycles.